The van der Waals surface area contributed by atoms with Crippen molar-refractivity contribution < 1.29 is 32.8 Å². The molecule has 2 atom stereocenters. The molecule has 0 radical (unpaired) electrons. The molecular formula is C48H90NO7P. The van der Waals surface area contributed by atoms with E-state index in [0.717, 1.165) is 57.8 Å². The Balaban J connectivity index is 3.97. The molecule has 3 N–H and O–H groups in total. The molecule has 0 heterocycles. The van der Waals surface area contributed by atoms with Gasteiger partial charge in [0.15, 0.2) is 0 Å². The number of carbonyl (C=O) groups is 1. The third kappa shape index (κ3) is 45.4. The molecule has 0 fully saturated rings. The van der Waals surface area contributed by atoms with Crippen LogP contribution in [-0.2, 0) is 27.9 Å². The number of hydrogen-bond donors (Lipinski definition) is 2. The van der Waals surface area contributed by atoms with Crippen molar-refractivity contribution >= 4 is 13.8 Å². The number of phosphoric acid groups is 1. The van der Waals surface area contributed by atoms with E-state index in [9.17, 15) is 14.3 Å². The van der Waals surface area contributed by atoms with Gasteiger partial charge in [0.25, 0.3) is 0 Å². The lowest BCUT2D eigenvalue weighted by molar-refractivity contribution is -0.154. The molecule has 0 aromatic heterocycles. The molecular weight excluding hydrogens is 734 g/mol. The molecule has 2 unspecified atom stereocenters. The van der Waals surface area contributed by atoms with Gasteiger partial charge in [0.05, 0.1) is 19.8 Å². The van der Waals surface area contributed by atoms with Crippen LogP contribution >= 0.6 is 7.82 Å². The summed E-state index contributed by atoms with van der Waals surface area (Å²) in [5.41, 5.74) is 5.38. The van der Waals surface area contributed by atoms with E-state index in [1.165, 1.54) is 135 Å². The Morgan fingerprint density at radius 3 is 1.42 bits per heavy atom. The lowest BCUT2D eigenvalue weighted by Crippen LogP contribution is -2.28. The van der Waals surface area contributed by atoms with E-state index in [4.69, 9.17) is 24.3 Å². The van der Waals surface area contributed by atoms with Crippen molar-refractivity contribution in [3.63, 3.8) is 0 Å². The van der Waals surface area contributed by atoms with Gasteiger partial charge in [0.1, 0.15) is 6.10 Å². The van der Waals surface area contributed by atoms with Crippen LogP contribution in [0.4, 0.5) is 0 Å². The summed E-state index contributed by atoms with van der Waals surface area (Å²) in [5.74, 6) is -0.336. The van der Waals surface area contributed by atoms with E-state index in [2.05, 4.69) is 62.5 Å². The van der Waals surface area contributed by atoms with Crippen LogP contribution in [0.2, 0.25) is 0 Å². The Kier molecular flexibility index (Phi) is 44.3. The van der Waals surface area contributed by atoms with Gasteiger partial charge < -0.3 is 20.1 Å². The number of allylic oxidation sites excluding steroid dienone is 8. The standard InChI is InChI=1S/C48H90NO7P/c1-3-5-7-9-11-13-15-17-19-20-21-22-23-24-25-26-27-29-31-33-35-37-39-41-48(50)56-47(46-55-57(51,52)54-44-42-49)45-53-43-40-38-36-34-32-30-28-18-16-14-12-10-8-6-4-2/h10,12,15-18,20-21,47H,3-9,11,13-14,19,22-46,49H2,1-2H3,(H,51,52)/b12-10-,17-15-,18-16-,21-20-. The van der Waals surface area contributed by atoms with Gasteiger partial charge in [0, 0.05) is 19.6 Å². The maximum absolute atomic E-state index is 12.6. The minimum atomic E-state index is -4.28. The summed E-state index contributed by atoms with van der Waals surface area (Å²) in [4.78, 5) is 22.5. The smallest absolute Gasteiger partial charge is 0.457 e. The summed E-state index contributed by atoms with van der Waals surface area (Å²) >= 11 is 0. The largest absolute Gasteiger partial charge is 0.472 e. The fourth-order valence-corrected chi connectivity index (χ4v) is 7.22. The first-order valence-corrected chi connectivity index (χ1v) is 25.1. The maximum Gasteiger partial charge on any atom is 0.472 e. The Morgan fingerprint density at radius 2 is 0.947 bits per heavy atom. The van der Waals surface area contributed by atoms with Crippen LogP contribution < -0.4 is 5.73 Å². The Hall–Kier alpha value is -1.54. The van der Waals surface area contributed by atoms with Crippen molar-refractivity contribution in [3.05, 3.63) is 48.6 Å². The van der Waals surface area contributed by atoms with E-state index < -0.39 is 13.9 Å². The molecule has 0 spiro atoms. The zero-order chi connectivity index (χ0) is 41.6. The number of ether oxygens (including phenoxy) is 2. The molecule has 0 amide bonds. The highest BCUT2D eigenvalue weighted by Gasteiger charge is 2.25. The third-order valence-electron chi connectivity index (χ3n) is 9.97. The maximum atomic E-state index is 12.6. The zero-order valence-corrected chi connectivity index (χ0v) is 38.0. The molecule has 0 aliphatic heterocycles. The number of phosphoric ester groups is 1. The first-order valence-electron chi connectivity index (χ1n) is 23.6. The predicted octanol–water partition coefficient (Wildman–Crippen LogP) is 14.4. The molecule has 8 nitrogen and oxygen atoms in total. The summed E-state index contributed by atoms with van der Waals surface area (Å²) in [6.45, 7) is 4.86. The number of carbonyl (C=O) groups excluding carboxylic acids is 1. The quantitative estimate of drug-likeness (QED) is 0.0270. The van der Waals surface area contributed by atoms with Crippen LogP contribution in [0.3, 0.4) is 0 Å². The van der Waals surface area contributed by atoms with Crippen molar-refractivity contribution in [1.82, 2.24) is 0 Å². The lowest BCUT2D eigenvalue weighted by atomic mass is 10.0. The van der Waals surface area contributed by atoms with E-state index >= 15 is 0 Å². The Bertz CT molecular complexity index is 1010. The van der Waals surface area contributed by atoms with Gasteiger partial charge in [-0.2, -0.15) is 0 Å². The van der Waals surface area contributed by atoms with E-state index in [1.807, 2.05) is 0 Å². The molecule has 0 saturated heterocycles. The third-order valence-corrected chi connectivity index (χ3v) is 11.0. The summed E-state index contributed by atoms with van der Waals surface area (Å²) in [6.07, 6.45) is 54.2. The van der Waals surface area contributed by atoms with E-state index in [-0.39, 0.29) is 32.3 Å². The second kappa shape index (κ2) is 45.5. The first kappa shape index (κ1) is 55.5. The molecule has 0 aliphatic carbocycles. The van der Waals surface area contributed by atoms with Crippen molar-refractivity contribution in [2.75, 3.05) is 33.0 Å². The first-order chi connectivity index (χ1) is 27.9. The van der Waals surface area contributed by atoms with Gasteiger partial charge in [0.2, 0.25) is 0 Å². The minimum absolute atomic E-state index is 0.0971. The van der Waals surface area contributed by atoms with Crippen LogP contribution in [0.5, 0.6) is 0 Å². The summed E-state index contributed by atoms with van der Waals surface area (Å²) < 4.78 is 33.5. The molecule has 0 aromatic carbocycles. The second-order valence-corrected chi connectivity index (χ2v) is 17.1. The van der Waals surface area contributed by atoms with Crippen LogP contribution in [0, 0.1) is 0 Å². The number of rotatable bonds is 45. The summed E-state index contributed by atoms with van der Waals surface area (Å²) in [5, 5.41) is 0. The molecule has 0 aromatic rings. The highest BCUT2D eigenvalue weighted by Crippen LogP contribution is 2.43. The van der Waals surface area contributed by atoms with Gasteiger partial charge in [-0.25, -0.2) is 4.57 Å². The van der Waals surface area contributed by atoms with Gasteiger partial charge in [-0.15, -0.1) is 0 Å². The molecule has 9 heteroatoms. The fraction of sp³-hybridized carbons (Fsp3) is 0.812. The van der Waals surface area contributed by atoms with Crippen molar-refractivity contribution in [3.8, 4) is 0 Å². The van der Waals surface area contributed by atoms with Crippen LogP contribution in [0.15, 0.2) is 48.6 Å². The number of hydrogen-bond acceptors (Lipinski definition) is 7. The summed E-state index contributed by atoms with van der Waals surface area (Å²) in [6, 6.07) is 0. The average Bonchev–Trinajstić information content (AvgIpc) is 3.20. The van der Waals surface area contributed by atoms with Crippen molar-refractivity contribution in [2.45, 2.75) is 219 Å². The van der Waals surface area contributed by atoms with E-state index in [0.29, 0.717) is 13.0 Å². The molecule has 334 valence electrons. The molecule has 0 aliphatic rings. The molecule has 0 saturated carbocycles. The van der Waals surface area contributed by atoms with Crippen LogP contribution in [0.1, 0.15) is 213 Å². The normalized spacial score (nSPS) is 13.8. The molecule has 57 heavy (non-hydrogen) atoms. The number of nitrogens with two attached hydrogens (primary N) is 1. The SMILES string of the molecule is CCCC/C=C\C/C=C\CCCCCCCCOCC(COP(=O)(O)OCCN)OC(=O)CCCCCCCCCCCCC/C=C\C/C=C\CCCCCCC. The topological polar surface area (TPSA) is 117 Å². The predicted molar refractivity (Wildman–Crippen MR) is 243 cm³/mol. The minimum Gasteiger partial charge on any atom is -0.457 e. The van der Waals surface area contributed by atoms with Crippen molar-refractivity contribution in [1.29, 1.82) is 0 Å². The Labute approximate surface area is 351 Å². The highest BCUT2D eigenvalue weighted by molar-refractivity contribution is 7.47. The fourth-order valence-electron chi connectivity index (χ4n) is 6.46. The van der Waals surface area contributed by atoms with Gasteiger partial charge >= 0.3 is 13.8 Å². The van der Waals surface area contributed by atoms with Crippen LogP contribution in [0.25, 0.3) is 0 Å². The van der Waals surface area contributed by atoms with Crippen LogP contribution in [-0.4, -0.2) is 49.9 Å². The average molecular weight is 824 g/mol. The molecule has 0 rings (SSSR count). The van der Waals surface area contributed by atoms with Gasteiger partial charge in [-0.05, 0) is 70.6 Å². The van der Waals surface area contributed by atoms with E-state index in [1.54, 1.807) is 0 Å². The van der Waals surface area contributed by atoms with Gasteiger partial charge in [-0.1, -0.05) is 184 Å². The lowest BCUT2D eigenvalue weighted by Gasteiger charge is -2.20. The highest BCUT2D eigenvalue weighted by atomic mass is 31.2. The van der Waals surface area contributed by atoms with Gasteiger partial charge in [-0.3, -0.25) is 13.8 Å². The second-order valence-electron chi connectivity index (χ2n) is 15.6. The zero-order valence-electron chi connectivity index (χ0n) is 37.1. The monoisotopic (exact) mass is 824 g/mol. The Morgan fingerprint density at radius 1 is 0.526 bits per heavy atom. The number of unbranched alkanes of at least 4 members (excludes halogenated alkanes) is 24. The summed E-state index contributed by atoms with van der Waals surface area (Å²) in [7, 11) is -4.28. The van der Waals surface area contributed by atoms with Crippen molar-refractivity contribution in [2.24, 2.45) is 5.73 Å². The molecule has 0 bridgehead atoms. The number of esters is 1.